The fraction of sp³-hybridized carbons (Fsp3) is 0. The summed E-state index contributed by atoms with van der Waals surface area (Å²) in [6.07, 6.45) is 0. The molecule has 0 aliphatic carbocycles. The van der Waals surface area contributed by atoms with Crippen LogP contribution in [0.3, 0.4) is 0 Å². The van der Waals surface area contributed by atoms with E-state index in [1.54, 1.807) is 0 Å². The van der Waals surface area contributed by atoms with E-state index in [1.165, 1.54) is 0 Å². The lowest BCUT2D eigenvalue weighted by Gasteiger charge is -1.99. The summed E-state index contributed by atoms with van der Waals surface area (Å²) in [5, 5.41) is 4.59. The van der Waals surface area contributed by atoms with Crippen molar-refractivity contribution in [1.82, 2.24) is 0 Å². The Hall–Kier alpha value is -1.69. The van der Waals surface area contributed by atoms with Crippen LogP contribution in [0.15, 0.2) is 46.2 Å². The minimum absolute atomic E-state index is 0.454. The third-order valence-corrected chi connectivity index (χ3v) is 4.66. The molecule has 0 aliphatic rings. The van der Waals surface area contributed by atoms with Gasteiger partial charge >= 0.3 is 0 Å². The largest absolute Gasteiger partial charge is 0.264 e. The third-order valence-electron chi connectivity index (χ3n) is 2.38. The average Bonchev–Trinajstić information content (AvgIpc) is 2.39. The molecule has 0 spiro atoms. The molecule has 0 saturated carbocycles. The quantitative estimate of drug-likeness (QED) is 0.613. The highest BCUT2D eigenvalue weighted by Crippen LogP contribution is 2.19. The Morgan fingerprint density at radius 1 is 0.833 bits per heavy atom. The first kappa shape index (κ1) is 20.4. The number of nitrogens with two attached hydrogens (primary N) is 1. The van der Waals surface area contributed by atoms with Crippen molar-refractivity contribution in [2.75, 3.05) is 0 Å². The van der Waals surface area contributed by atoms with Gasteiger partial charge in [0.2, 0.25) is 10.0 Å². The maximum absolute atomic E-state index is 12.7. The molecule has 0 radical (unpaired) electrons. The molecule has 0 bridgehead atoms. The summed E-state index contributed by atoms with van der Waals surface area (Å²) < 4.78 is 92.3. The molecule has 0 aliphatic heterocycles. The number of halogens is 5. The zero-order chi connectivity index (χ0) is 18.7. The van der Waals surface area contributed by atoms with E-state index < -0.39 is 52.1 Å². The van der Waals surface area contributed by atoms with Gasteiger partial charge in [0.25, 0.3) is 9.05 Å². The maximum Gasteiger partial charge on any atom is 0.264 e. The van der Waals surface area contributed by atoms with E-state index >= 15 is 0 Å². The second-order valence-electron chi connectivity index (χ2n) is 4.11. The fourth-order valence-corrected chi connectivity index (χ4v) is 2.89. The van der Waals surface area contributed by atoms with E-state index in [9.17, 15) is 34.4 Å². The molecule has 132 valence electrons. The number of rotatable bonds is 2. The van der Waals surface area contributed by atoms with Crippen LogP contribution in [0, 0.1) is 23.3 Å². The van der Waals surface area contributed by atoms with Crippen molar-refractivity contribution in [2.45, 2.75) is 9.79 Å². The smallest absolute Gasteiger partial charge is 0.225 e. The van der Waals surface area contributed by atoms with Crippen LogP contribution in [0.2, 0.25) is 0 Å². The van der Waals surface area contributed by atoms with Crippen LogP contribution in [0.1, 0.15) is 0 Å². The standard InChI is InChI=1S/C6H3ClF2O2S.C6H5F2NO2S/c7-12(10,11)6-2-1-4(8)3-5(6)9;7-4-2-1-3-5(6(4)8)12(9,10)11/h1-3H;1-3H,(H2,9,10,11). The predicted octanol–water partition coefficient (Wildman–Crippen LogP) is 2.50. The van der Waals surface area contributed by atoms with E-state index in [-0.39, 0.29) is 0 Å². The molecule has 0 atom stereocenters. The van der Waals surface area contributed by atoms with Crippen molar-refractivity contribution in [2.24, 2.45) is 5.14 Å². The van der Waals surface area contributed by atoms with Crippen LogP contribution in [0.25, 0.3) is 0 Å². The van der Waals surface area contributed by atoms with Crippen molar-refractivity contribution in [3.63, 3.8) is 0 Å². The molecule has 0 fully saturated rings. The SMILES string of the molecule is NS(=O)(=O)c1cccc(F)c1F.O=S(=O)(Cl)c1ccc(F)cc1F. The van der Waals surface area contributed by atoms with Crippen molar-refractivity contribution in [1.29, 1.82) is 0 Å². The van der Waals surface area contributed by atoms with Gasteiger partial charge in [-0.05, 0) is 24.3 Å². The monoisotopic (exact) mass is 405 g/mol. The lowest BCUT2D eigenvalue weighted by Crippen LogP contribution is -2.14. The number of hydrogen-bond acceptors (Lipinski definition) is 4. The lowest BCUT2D eigenvalue weighted by atomic mass is 10.3. The van der Waals surface area contributed by atoms with Crippen molar-refractivity contribution >= 4 is 29.8 Å². The zero-order valence-corrected chi connectivity index (χ0v) is 13.8. The summed E-state index contributed by atoms with van der Waals surface area (Å²) in [4.78, 5) is -1.55. The highest BCUT2D eigenvalue weighted by atomic mass is 35.7. The molecule has 2 aromatic carbocycles. The first-order chi connectivity index (χ1) is 10.8. The summed E-state index contributed by atoms with van der Waals surface area (Å²) in [7, 11) is -3.46. The predicted molar refractivity (Wildman–Crippen MR) is 77.1 cm³/mol. The van der Waals surface area contributed by atoms with Gasteiger partial charge in [0, 0.05) is 16.7 Å². The first-order valence-corrected chi connectivity index (χ1v) is 9.56. The molecule has 24 heavy (non-hydrogen) atoms. The Morgan fingerprint density at radius 3 is 1.83 bits per heavy atom. The molecule has 0 saturated heterocycles. The van der Waals surface area contributed by atoms with Gasteiger partial charge in [0.1, 0.15) is 21.4 Å². The van der Waals surface area contributed by atoms with Gasteiger partial charge in [0.05, 0.1) is 0 Å². The third kappa shape index (κ3) is 5.44. The molecule has 5 nitrogen and oxygen atoms in total. The summed E-state index contributed by atoms with van der Waals surface area (Å²) >= 11 is 0. The summed E-state index contributed by atoms with van der Waals surface area (Å²) in [5.41, 5.74) is 0. The van der Waals surface area contributed by atoms with Crippen molar-refractivity contribution in [3.05, 3.63) is 59.7 Å². The lowest BCUT2D eigenvalue weighted by molar-refractivity contribution is 0.485. The van der Waals surface area contributed by atoms with Gasteiger partial charge in [-0.15, -0.1) is 0 Å². The molecule has 2 N–H and O–H groups in total. The highest BCUT2D eigenvalue weighted by Gasteiger charge is 2.17. The fourth-order valence-electron chi connectivity index (χ4n) is 1.38. The van der Waals surface area contributed by atoms with E-state index in [4.69, 9.17) is 10.7 Å². The van der Waals surface area contributed by atoms with Gasteiger partial charge in [-0.2, -0.15) is 0 Å². The Labute approximate surface area is 139 Å². The maximum atomic E-state index is 12.7. The molecule has 0 amide bonds. The van der Waals surface area contributed by atoms with Crippen LogP contribution in [-0.4, -0.2) is 16.8 Å². The molecular formula is C12H8ClF4NO4S2. The average molecular weight is 406 g/mol. The van der Waals surface area contributed by atoms with Crippen LogP contribution in [-0.2, 0) is 19.1 Å². The zero-order valence-electron chi connectivity index (χ0n) is 11.4. The van der Waals surface area contributed by atoms with Crippen LogP contribution < -0.4 is 5.14 Å². The van der Waals surface area contributed by atoms with Crippen LogP contribution >= 0.6 is 10.7 Å². The number of benzene rings is 2. The molecule has 2 aromatic rings. The second kappa shape index (κ2) is 7.47. The van der Waals surface area contributed by atoms with Gasteiger partial charge in [-0.1, -0.05) is 6.07 Å². The first-order valence-electron chi connectivity index (χ1n) is 5.70. The van der Waals surface area contributed by atoms with Gasteiger partial charge in [-0.3, -0.25) is 0 Å². The van der Waals surface area contributed by atoms with Gasteiger partial charge in [0.15, 0.2) is 11.6 Å². The molecule has 0 aromatic heterocycles. The van der Waals surface area contributed by atoms with E-state index in [0.717, 1.165) is 30.3 Å². The minimum atomic E-state index is -4.17. The molecule has 0 unspecified atom stereocenters. The Morgan fingerprint density at radius 2 is 1.42 bits per heavy atom. The number of hydrogen-bond donors (Lipinski definition) is 1. The Bertz CT molecular complexity index is 965. The van der Waals surface area contributed by atoms with Crippen molar-refractivity contribution in [3.8, 4) is 0 Å². The molecule has 12 heteroatoms. The van der Waals surface area contributed by atoms with Gasteiger partial charge < -0.3 is 0 Å². The summed E-state index contributed by atoms with van der Waals surface area (Å²) in [6.45, 7) is 0. The van der Waals surface area contributed by atoms with Crippen molar-refractivity contribution < 1.29 is 34.4 Å². The summed E-state index contributed by atoms with van der Waals surface area (Å²) in [6, 6.07) is 4.82. The molecule has 0 heterocycles. The molecular weight excluding hydrogens is 398 g/mol. The number of primary sulfonamides is 1. The second-order valence-corrected chi connectivity index (χ2v) is 8.17. The Kier molecular flexibility index (Phi) is 6.33. The Balaban J connectivity index is 0.000000240. The van der Waals surface area contributed by atoms with E-state index in [1.807, 2.05) is 0 Å². The highest BCUT2D eigenvalue weighted by molar-refractivity contribution is 8.13. The van der Waals surface area contributed by atoms with Gasteiger partial charge in [-0.25, -0.2) is 39.5 Å². The minimum Gasteiger partial charge on any atom is -0.225 e. The van der Waals surface area contributed by atoms with Crippen LogP contribution in [0.4, 0.5) is 17.6 Å². The van der Waals surface area contributed by atoms with E-state index in [0.29, 0.717) is 6.07 Å². The normalized spacial score (nSPS) is 11.6. The topological polar surface area (TPSA) is 94.3 Å². The molecule has 2 rings (SSSR count). The number of sulfonamides is 1. The van der Waals surface area contributed by atoms with E-state index in [2.05, 4.69) is 5.14 Å². The summed E-state index contributed by atoms with van der Waals surface area (Å²) in [5.74, 6) is -4.72. The van der Waals surface area contributed by atoms with Crippen LogP contribution in [0.5, 0.6) is 0 Å².